The van der Waals surface area contributed by atoms with E-state index in [1.165, 1.54) is 22.2 Å². The topological polar surface area (TPSA) is 79.8 Å². The number of carbonyl (C=O) groups is 1. The molecule has 1 saturated heterocycles. The summed E-state index contributed by atoms with van der Waals surface area (Å²) < 4.78 is 2.23. The van der Waals surface area contributed by atoms with E-state index < -0.39 is 0 Å². The van der Waals surface area contributed by atoms with E-state index in [1.807, 2.05) is 24.4 Å². The smallest absolute Gasteiger partial charge is 0.253 e. The van der Waals surface area contributed by atoms with Gasteiger partial charge in [-0.15, -0.1) is 0 Å². The van der Waals surface area contributed by atoms with Gasteiger partial charge in [0.2, 0.25) is 0 Å². The Hall–Kier alpha value is -3.45. The second-order valence-electron chi connectivity index (χ2n) is 10.4. The molecule has 1 amide bonds. The first-order valence-corrected chi connectivity index (χ1v) is 12.8. The molecule has 1 aromatic carbocycles. The fourth-order valence-corrected chi connectivity index (χ4v) is 5.60. The van der Waals surface area contributed by atoms with Crippen LogP contribution in [0.4, 0.5) is 0 Å². The molecule has 0 bridgehead atoms. The van der Waals surface area contributed by atoms with Crippen molar-refractivity contribution >= 4 is 23.2 Å². The lowest BCUT2D eigenvalue weighted by atomic mass is 9.85. The van der Waals surface area contributed by atoms with Gasteiger partial charge in [0.25, 0.3) is 5.91 Å². The quantitative estimate of drug-likeness (QED) is 0.582. The van der Waals surface area contributed by atoms with Crippen molar-refractivity contribution in [1.29, 1.82) is 0 Å². The fourth-order valence-electron chi connectivity index (χ4n) is 5.60. The Morgan fingerprint density at radius 1 is 1.19 bits per heavy atom. The highest BCUT2D eigenvalue weighted by molar-refractivity contribution is 5.93. The van der Waals surface area contributed by atoms with Crippen LogP contribution in [-0.2, 0) is 13.6 Å². The summed E-state index contributed by atoms with van der Waals surface area (Å²) in [4.78, 5) is 25.8. The third-order valence-electron chi connectivity index (χ3n) is 7.82. The van der Waals surface area contributed by atoms with E-state index in [0.29, 0.717) is 12.0 Å². The number of dihydropyridines is 1. The maximum absolute atomic E-state index is 12.2. The number of aryl methyl sites for hydroxylation is 1. The highest BCUT2D eigenvalue weighted by atomic mass is 16.2. The van der Waals surface area contributed by atoms with Crippen LogP contribution in [0.2, 0.25) is 0 Å². The van der Waals surface area contributed by atoms with E-state index >= 15 is 0 Å². The minimum Gasteiger partial charge on any atom is -0.398 e. The summed E-state index contributed by atoms with van der Waals surface area (Å²) in [5, 5.41) is 1.18. The molecule has 7 heteroatoms. The molecule has 188 valence electrons. The minimum absolute atomic E-state index is 0.0493. The van der Waals surface area contributed by atoms with Crippen molar-refractivity contribution in [2.45, 2.75) is 50.7 Å². The van der Waals surface area contributed by atoms with Gasteiger partial charge in [0.1, 0.15) is 5.65 Å². The van der Waals surface area contributed by atoms with Gasteiger partial charge in [-0.2, -0.15) is 0 Å². The highest BCUT2D eigenvalue weighted by Crippen LogP contribution is 2.35. The maximum atomic E-state index is 12.2. The first-order valence-electron chi connectivity index (χ1n) is 12.8. The van der Waals surface area contributed by atoms with Crippen LogP contribution < -0.4 is 5.73 Å². The molecule has 7 nitrogen and oxygen atoms in total. The lowest BCUT2D eigenvalue weighted by Gasteiger charge is -2.38. The molecule has 4 heterocycles. The first kappa shape index (κ1) is 24.3. The summed E-state index contributed by atoms with van der Waals surface area (Å²) in [5.41, 5.74) is 12.2. The van der Waals surface area contributed by atoms with Crippen molar-refractivity contribution < 1.29 is 4.79 Å². The SMILES string of the molecule is CC1C[C@H](c2ccc(C(=O)N(C)C)cc2)CCN1Cc1cc2c(C3CC=C(N)C=N3)ccnc2n1C. The van der Waals surface area contributed by atoms with Crippen LogP contribution in [0.15, 0.2) is 59.4 Å². The highest BCUT2D eigenvalue weighted by Gasteiger charge is 2.28. The number of allylic oxidation sites excluding steroid dienone is 1. The molecule has 2 N–H and O–H groups in total. The molecule has 5 rings (SSSR count). The van der Waals surface area contributed by atoms with Gasteiger partial charge in [-0.05, 0) is 74.0 Å². The lowest BCUT2D eigenvalue weighted by Crippen LogP contribution is -2.39. The van der Waals surface area contributed by atoms with Gasteiger partial charge in [-0.3, -0.25) is 14.7 Å². The number of amides is 1. The number of hydrogen-bond acceptors (Lipinski definition) is 5. The molecule has 2 aliphatic rings. The van der Waals surface area contributed by atoms with Crippen LogP contribution in [0.25, 0.3) is 11.0 Å². The third kappa shape index (κ3) is 4.67. The average Bonchev–Trinajstić information content (AvgIpc) is 3.20. The van der Waals surface area contributed by atoms with Crippen molar-refractivity contribution in [3.63, 3.8) is 0 Å². The van der Waals surface area contributed by atoms with Gasteiger partial charge in [-0.1, -0.05) is 18.2 Å². The normalized spacial score (nSPS) is 22.6. The minimum atomic E-state index is 0.0493. The van der Waals surface area contributed by atoms with Crippen LogP contribution in [0.3, 0.4) is 0 Å². The van der Waals surface area contributed by atoms with Gasteiger partial charge >= 0.3 is 0 Å². The Labute approximate surface area is 213 Å². The Bertz CT molecular complexity index is 1320. The number of hydrogen-bond donors (Lipinski definition) is 1. The molecule has 3 atom stereocenters. The van der Waals surface area contributed by atoms with Crippen LogP contribution in [0.5, 0.6) is 0 Å². The van der Waals surface area contributed by atoms with Crippen molar-refractivity contribution in [2.75, 3.05) is 20.6 Å². The third-order valence-corrected chi connectivity index (χ3v) is 7.82. The van der Waals surface area contributed by atoms with Gasteiger partial charge in [0.15, 0.2) is 0 Å². The molecule has 36 heavy (non-hydrogen) atoms. The number of nitrogens with two attached hydrogens (primary N) is 1. The zero-order valence-corrected chi connectivity index (χ0v) is 21.7. The predicted molar refractivity (Wildman–Crippen MR) is 145 cm³/mol. The summed E-state index contributed by atoms with van der Waals surface area (Å²) in [6.07, 6.45) is 8.75. The zero-order chi connectivity index (χ0) is 25.4. The molecule has 0 spiro atoms. The fraction of sp³-hybridized carbons (Fsp3) is 0.414. The number of benzene rings is 1. The van der Waals surface area contributed by atoms with E-state index in [1.54, 1.807) is 25.2 Å². The van der Waals surface area contributed by atoms with Crippen molar-refractivity contribution in [3.8, 4) is 0 Å². The average molecular weight is 485 g/mol. The molecule has 2 aliphatic heterocycles. The molecule has 2 aromatic heterocycles. The summed E-state index contributed by atoms with van der Waals surface area (Å²) in [7, 11) is 5.69. The van der Waals surface area contributed by atoms with Crippen LogP contribution in [-0.4, -0.2) is 58.2 Å². The second kappa shape index (κ2) is 9.90. The summed E-state index contributed by atoms with van der Waals surface area (Å²) in [6, 6.07) is 13.2. The van der Waals surface area contributed by atoms with Gasteiger partial charge < -0.3 is 15.2 Å². The lowest BCUT2D eigenvalue weighted by molar-refractivity contribution is 0.0827. The molecular formula is C29H36N6O. The molecule has 0 aliphatic carbocycles. The number of rotatable bonds is 5. The number of aromatic nitrogens is 2. The molecule has 2 unspecified atom stereocenters. The van der Waals surface area contributed by atoms with Crippen molar-refractivity contribution in [2.24, 2.45) is 17.8 Å². The number of likely N-dealkylation sites (tertiary alicyclic amines) is 1. The Morgan fingerprint density at radius 2 is 1.97 bits per heavy atom. The molecule has 1 fully saturated rings. The molecule has 0 radical (unpaired) electrons. The number of piperidine rings is 1. The summed E-state index contributed by atoms with van der Waals surface area (Å²) in [5.74, 6) is 0.568. The monoisotopic (exact) mass is 484 g/mol. The van der Waals surface area contributed by atoms with E-state index in [0.717, 1.165) is 49.3 Å². The number of aliphatic imine (C=N–C) groups is 1. The van der Waals surface area contributed by atoms with Crippen LogP contribution in [0.1, 0.15) is 65.3 Å². The van der Waals surface area contributed by atoms with E-state index in [-0.39, 0.29) is 11.9 Å². The van der Waals surface area contributed by atoms with Crippen molar-refractivity contribution in [1.82, 2.24) is 19.4 Å². The molecule has 0 saturated carbocycles. The predicted octanol–water partition coefficient (Wildman–Crippen LogP) is 4.40. The Balaban J connectivity index is 1.29. The van der Waals surface area contributed by atoms with E-state index in [4.69, 9.17) is 10.7 Å². The number of fused-ring (bicyclic) bond motifs is 1. The summed E-state index contributed by atoms with van der Waals surface area (Å²) in [6.45, 7) is 4.27. The van der Waals surface area contributed by atoms with Crippen LogP contribution >= 0.6 is 0 Å². The summed E-state index contributed by atoms with van der Waals surface area (Å²) >= 11 is 0. The Morgan fingerprint density at radius 3 is 2.64 bits per heavy atom. The molecule has 3 aromatic rings. The van der Waals surface area contributed by atoms with E-state index in [9.17, 15) is 4.79 Å². The van der Waals surface area contributed by atoms with Gasteiger partial charge in [0.05, 0.1) is 6.04 Å². The second-order valence-corrected chi connectivity index (χ2v) is 10.4. The number of nitrogens with zero attached hydrogens (tertiary/aromatic N) is 5. The van der Waals surface area contributed by atoms with E-state index in [2.05, 4.69) is 52.7 Å². The Kier molecular flexibility index (Phi) is 6.67. The zero-order valence-electron chi connectivity index (χ0n) is 21.7. The van der Waals surface area contributed by atoms with Crippen molar-refractivity contribution in [3.05, 3.63) is 76.8 Å². The first-order chi connectivity index (χ1) is 17.3. The largest absolute Gasteiger partial charge is 0.398 e. The number of carbonyl (C=O) groups excluding carboxylic acids is 1. The van der Waals surface area contributed by atoms with Gasteiger partial charge in [-0.25, -0.2) is 4.98 Å². The molecular weight excluding hydrogens is 448 g/mol. The van der Waals surface area contributed by atoms with Crippen LogP contribution in [0, 0.1) is 0 Å². The van der Waals surface area contributed by atoms with Gasteiger partial charge in [0, 0.05) is 68.5 Å². The maximum Gasteiger partial charge on any atom is 0.253 e. The standard InChI is InChI=1S/C29H36N6O/c1-19-15-22(20-5-7-21(8-6-20)29(36)33(2)3)12-14-35(19)18-24-16-26-25(11-13-31-28(26)34(24)4)27-10-9-23(30)17-32-27/h5-9,11,13,16-17,19,22,27H,10,12,14-15,18,30H2,1-4H3/t19?,22-,27?/m1/s1. The number of pyridine rings is 1.